The molecule has 0 fully saturated rings. The summed E-state index contributed by atoms with van der Waals surface area (Å²) in [6, 6.07) is 14.9. The van der Waals surface area contributed by atoms with E-state index in [9.17, 15) is 9.59 Å². The van der Waals surface area contributed by atoms with Crippen LogP contribution in [0.2, 0.25) is 0 Å². The second-order valence-electron chi connectivity index (χ2n) is 7.03. The van der Waals surface area contributed by atoms with E-state index in [1.54, 1.807) is 30.9 Å². The first-order valence-corrected chi connectivity index (χ1v) is 11.6. The SMILES string of the molecule is CCNC(=O)[C@H](CC)N(Cc1ccc(OC)cc1)C(=O)CSCc1ccc(OC)cc1. The predicted molar refractivity (Wildman–Crippen MR) is 125 cm³/mol. The van der Waals surface area contributed by atoms with Crippen molar-refractivity contribution >= 4 is 23.6 Å². The quantitative estimate of drug-likeness (QED) is 0.538. The Bertz CT molecular complexity index is 824. The fraction of sp³-hybridized carbons (Fsp3) is 0.417. The summed E-state index contributed by atoms with van der Waals surface area (Å²) < 4.78 is 10.4. The Hall–Kier alpha value is -2.67. The minimum Gasteiger partial charge on any atom is -0.497 e. The van der Waals surface area contributed by atoms with E-state index in [0.717, 1.165) is 22.6 Å². The second-order valence-corrected chi connectivity index (χ2v) is 8.01. The molecule has 1 N–H and O–H groups in total. The number of hydrogen-bond donors (Lipinski definition) is 1. The average Bonchev–Trinajstić information content (AvgIpc) is 2.80. The number of ether oxygens (including phenoxy) is 2. The summed E-state index contributed by atoms with van der Waals surface area (Å²) >= 11 is 1.54. The molecule has 6 nitrogen and oxygen atoms in total. The number of nitrogens with zero attached hydrogens (tertiary/aromatic N) is 1. The van der Waals surface area contributed by atoms with E-state index in [0.29, 0.717) is 31.0 Å². The lowest BCUT2D eigenvalue weighted by Gasteiger charge is -2.30. The molecule has 1 atom stereocenters. The highest BCUT2D eigenvalue weighted by Crippen LogP contribution is 2.20. The lowest BCUT2D eigenvalue weighted by Crippen LogP contribution is -2.49. The molecule has 0 aliphatic carbocycles. The number of carbonyl (C=O) groups is 2. The Balaban J connectivity index is 2.08. The molecule has 2 aromatic carbocycles. The fourth-order valence-corrected chi connectivity index (χ4v) is 4.07. The third-order valence-corrected chi connectivity index (χ3v) is 5.89. The van der Waals surface area contributed by atoms with Gasteiger partial charge in [-0.2, -0.15) is 0 Å². The molecule has 0 aliphatic heterocycles. The molecular formula is C24H32N2O4S. The standard InChI is InChI=1S/C24H32N2O4S/c1-5-22(24(28)25-6-2)26(15-18-7-11-20(29-3)12-8-18)23(27)17-31-16-19-9-13-21(30-4)14-10-19/h7-14,22H,5-6,15-17H2,1-4H3,(H,25,28)/t22-/m0/s1. The summed E-state index contributed by atoms with van der Waals surface area (Å²) in [6.45, 7) is 4.72. The molecule has 0 unspecified atom stereocenters. The Kier molecular flexibility index (Phi) is 10.2. The van der Waals surface area contributed by atoms with Crippen molar-refractivity contribution in [2.24, 2.45) is 0 Å². The summed E-state index contributed by atoms with van der Waals surface area (Å²) in [6.07, 6.45) is 0.552. The zero-order chi connectivity index (χ0) is 22.6. The van der Waals surface area contributed by atoms with Crippen molar-refractivity contribution in [2.75, 3.05) is 26.5 Å². The molecule has 0 aromatic heterocycles. The number of nitrogens with one attached hydrogen (secondary N) is 1. The molecule has 0 radical (unpaired) electrons. The monoisotopic (exact) mass is 444 g/mol. The van der Waals surface area contributed by atoms with Crippen molar-refractivity contribution < 1.29 is 19.1 Å². The van der Waals surface area contributed by atoms with Gasteiger partial charge in [0.25, 0.3) is 0 Å². The molecule has 2 amide bonds. The van der Waals surface area contributed by atoms with Gasteiger partial charge >= 0.3 is 0 Å². The highest BCUT2D eigenvalue weighted by molar-refractivity contribution is 7.99. The van der Waals surface area contributed by atoms with Crippen molar-refractivity contribution in [2.45, 2.75) is 38.6 Å². The summed E-state index contributed by atoms with van der Waals surface area (Å²) in [4.78, 5) is 27.5. The Morgan fingerprint density at radius 3 is 1.97 bits per heavy atom. The molecular weight excluding hydrogens is 412 g/mol. The molecule has 0 saturated carbocycles. The van der Waals surface area contributed by atoms with Gasteiger partial charge in [-0.3, -0.25) is 9.59 Å². The second kappa shape index (κ2) is 12.9. The number of methoxy groups -OCH3 is 2. The van der Waals surface area contributed by atoms with Gasteiger partial charge in [0, 0.05) is 18.8 Å². The summed E-state index contributed by atoms with van der Waals surface area (Å²) in [5, 5.41) is 2.86. The van der Waals surface area contributed by atoms with E-state index in [2.05, 4.69) is 5.32 Å². The van der Waals surface area contributed by atoms with Crippen LogP contribution in [0.1, 0.15) is 31.4 Å². The average molecular weight is 445 g/mol. The summed E-state index contributed by atoms with van der Waals surface area (Å²) in [7, 11) is 3.26. The van der Waals surface area contributed by atoms with Crippen LogP contribution in [-0.2, 0) is 21.9 Å². The van der Waals surface area contributed by atoms with Crippen LogP contribution in [0.3, 0.4) is 0 Å². The van der Waals surface area contributed by atoms with Crippen LogP contribution >= 0.6 is 11.8 Å². The maximum Gasteiger partial charge on any atom is 0.242 e. The number of amides is 2. The van der Waals surface area contributed by atoms with Gasteiger partial charge in [-0.05, 0) is 48.7 Å². The topological polar surface area (TPSA) is 67.9 Å². The first-order chi connectivity index (χ1) is 15.0. The zero-order valence-corrected chi connectivity index (χ0v) is 19.5. The van der Waals surface area contributed by atoms with Crippen molar-refractivity contribution in [3.63, 3.8) is 0 Å². The van der Waals surface area contributed by atoms with Crippen LogP contribution < -0.4 is 14.8 Å². The Labute approximate surface area is 189 Å². The van der Waals surface area contributed by atoms with E-state index in [1.165, 1.54) is 0 Å². The minimum absolute atomic E-state index is 0.0487. The number of carbonyl (C=O) groups excluding carboxylic acids is 2. The summed E-state index contributed by atoms with van der Waals surface area (Å²) in [5.74, 6) is 2.41. The van der Waals surface area contributed by atoms with Crippen LogP contribution in [0.5, 0.6) is 11.5 Å². The van der Waals surface area contributed by atoms with Gasteiger partial charge in [-0.1, -0.05) is 31.2 Å². The first-order valence-electron chi connectivity index (χ1n) is 10.4. The lowest BCUT2D eigenvalue weighted by atomic mass is 10.1. The molecule has 0 bridgehead atoms. The van der Waals surface area contributed by atoms with Crippen LogP contribution in [-0.4, -0.2) is 49.3 Å². The molecule has 0 heterocycles. The van der Waals surface area contributed by atoms with Gasteiger partial charge in [0.15, 0.2) is 0 Å². The molecule has 0 spiro atoms. The van der Waals surface area contributed by atoms with Gasteiger partial charge in [-0.15, -0.1) is 11.8 Å². The molecule has 7 heteroatoms. The van der Waals surface area contributed by atoms with E-state index >= 15 is 0 Å². The Morgan fingerprint density at radius 2 is 1.48 bits per heavy atom. The number of benzene rings is 2. The normalized spacial score (nSPS) is 11.5. The van der Waals surface area contributed by atoms with E-state index < -0.39 is 6.04 Å². The minimum atomic E-state index is -0.504. The van der Waals surface area contributed by atoms with Gasteiger partial charge in [0.1, 0.15) is 17.5 Å². The third-order valence-electron chi connectivity index (χ3n) is 4.90. The maximum atomic E-state index is 13.2. The van der Waals surface area contributed by atoms with Crippen molar-refractivity contribution in [1.29, 1.82) is 0 Å². The smallest absolute Gasteiger partial charge is 0.242 e. The highest BCUT2D eigenvalue weighted by Gasteiger charge is 2.28. The number of hydrogen-bond acceptors (Lipinski definition) is 5. The third kappa shape index (κ3) is 7.51. The molecule has 168 valence electrons. The first kappa shape index (κ1) is 24.6. The van der Waals surface area contributed by atoms with Gasteiger partial charge in [0.2, 0.25) is 11.8 Å². The molecule has 31 heavy (non-hydrogen) atoms. The van der Waals surface area contributed by atoms with Gasteiger partial charge in [0.05, 0.1) is 20.0 Å². The Morgan fingerprint density at radius 1 is 0.935 bits per heavy atom. The van der Waals surface area contributed by atoms with E-state index in [1.807, 2.05) is 62.4 Å². The van der Waals surface area contributed by atoms with Crippen molar-refractivity contribution in [3.05, 3.63) is 59.7 Å². The van der Waals surface area contributed by atoms with Crippen LogP contribution in [0.4, 0.5) is 0 Å². The van der Waals surface area contributed by atoms with Crippen LogP contribution in [0.15, 0.2) is 48.5 Å². The van der Waals surface area contributed by atoms with Crippen molar-refractivity contribution in [1.82, 2.24) is 10.2 Å². The summed E-state index contributed by atoms with van der Waals surface area (Å²) in [5.41, 5.74) is 2.08. The fourth-order valence-electron chi connectivity index (χ4n) is 3.20. The van der Waals surface area contributed by atoms with Crippen molar-refractivity contribution in [3.8, 4) is 11.5 Å². The van der Waals surface area contributed by atoms with Crippen LogP contribution in [0, 0.1) is 0 Å². The van der Waals surface area contributed by atoms with Crippen LogP contribution in [0.25, 0.3) is 0 Å². The van der Waals surface area contributed by atoms with Gasteiger partial charge < -0.3 is 19.7 Å². The predicted octanol–water partition coefficient (Wildman–Crippen LogP) is 3.88. The molecule has 0 aliphatic rings. The van der Waals surface area contributed by atoms with Gasteiger partial charge in [-0.25, -0.2) is 0 Å². The largest absolute Gasteiger partial charge is 0.497 e. The zero-order valence-electron chi connectivity index (χ0n) is 18.7. The highest BCUT2D eigenvalue weighted by atomic mass is 32.2. The van der Waals surface area contributed by atoms with E-state index in [-0.39, 0.29) is 11.8 Å². The lowest BCUT2D eigenvalue weighted by molar-refractivity contribution is -0.139. The molecule has 0 saturated heterocycles. The maximum absolute atomic E-state index is 13.2. The number of thioether (sulfide) groups is 1. The number of likely N-dealkylation sites (N-methyl/N-ethyl adjacent to an activating group) is 1. The van der Waals surface area contributed by atoms with E-state index in [4.69, 9.17) is 9.47 Å². The molecule has 2 rings (SSSR count). The molecule has 2 aromatic rings. The number of rotatable bonds is 12.